The molecule has 1 aromatic carbocycles. The van der Waals surface area contributed by atoms with Gasteiger partial charge in [-0.3, -0.25) is 9.59 Å². The van der Waals surface area contributed by atoms with Gasteiger partial charge >= 0.3 is 5.97 Å². The Balaban J connectivity index is 1.65. The molecule has 1 aliphatic carbocycles. The number of hydrogen-bond acceptors (Lipinski definition) is 7. The highest BCUT2D eigenvalue weighted by molar-refractivity contribution is 7.18. The lowest BCUT2D eigenvalue weighted by molar-refractivity contribution is -0.123. The summed E-state index contributed by atoms with van der Waals surface area (Å²) in [5, 5.41) is 4.78. The summed E-state index contributed by atoms with van der Waals surface area (Å²) in [7, 11) is 1.34. The minimum Gasteiger partial charge on any atom is -0.465 e. The molecule has 4 rings (SSSR count). The molecule has 3 aromatic rings. The van der Waals surface area contributed by atoms with Crippen molar-refractivity contribution in [3.05, 3.63) is 50.7 Å². The van der Waals surface area contributed by atoms with Crippen LogP contribution in [0.2, 0.25) is 5.02 Å². The molecule has 2 aromatic heterocycles. The zero-order valence-electron chi connectivity index (χ0n) is 21.2. The monoisotopic (exact) mass is 559 g/mol. The second kappa shape index (κ2) is 11.8. The van der Waals surface area contributed by atoms with Crippen LogP contribution in [0.15, 0.2) is 35.2 Å². The van der Waals surface area contributed by atoms with Gasteiger partial charge in [-0.15, -0.1) is 22.7 Å². The molecule has 10 heteroatoms. The number of carbonyl (C=O) groups excluding carboxylic acids is 3. The van der Waals surface area contributed by atoms with Gasteiger partial charge in [0.25, 0.3) is 5.91 Å². The molecule has 196 valence electrons. The smallest absolute Gasteiger partial charge is 0.350 e. The van der Waals surface area contributed by atoms with E-state index in [1.165, 1.54) is 29.8 Å². The number of anilines is 2. The fraction of sp³-hybridized carbons (Fsp3) is 0.407. The molecule has 2 heterocycles. The number of halogens is 1. The van der Waals surface area contributed by atoms with E-state index in [9.17, 15) is 14.4 Å². The van der Waals surface area contributed by atoms with Crippen LogP contribution < -0.4 is 10.2 Å². The molecule has 0 saturated heterocycles. The van der Waals surface area contributed by atoms with Crippen LogP contribution in [-0.2, 0) is 9.53 Å². The van der Waals surface area contributed by atoms with Crippen LogP contribution in [0, 0.1) is 11.8 Å². The summed E-state index contributed by atoms with van der Waals surface area (Å²) >= 11 is 9.11. The summed E-state index contributed by atoms with van der Waals surface area (Å²) in [4.78, 5) is 45.7. The van der Waals surface area contributed by atoms with Crippen LogP contribution in [-0.4, -0.2) is 35.9 Å². The first-order chi connectivity index (χ1) is 17.7. The van der Waals surface area contributed by atoms with Gasteiger partial charge in [0.2, 0.25) is 5.91 Å². The van der Waals surface area contributed by atoms with E-state index < -0.39 is 5.97 Å². The Morgan fingerprint density at radius 3 is 2.49 bits per heavy atom. The Bertz CT molecular complexity index is 1280. The molecule has 7 nitrogen and oxygen atoms in total. The number of methoxy groups -OCH3 is 1. The predicted octanol–water partition coefficient (Wildman–Crippen LogP) is 7.13. The zero-order valence-corrected chi connectivity index (χ0v) is 23.6. The van der Waals surface area contributed by atoms with Gasteiger partial charge in [0.05, 0.1) is 29.0 Å². The molecular weight excluding hydrogens is 530 g/mol. The molecule has 0 spiro atoms. The van der Waals surface area contributed by atoms with Crippen LogP contribution in [0.3, 0.4) is 0 Å². The average molecular weight is 560 g/mol. The molecule has 0 aliphatic heterocycles. The number of rotatable bonds is 7. The van der Waals surface area contributed by atoms with Crippen molar-refractivity contribution in [1.29, 1.82) is 0 Å². The van der Waals surface area contributed by atoms with Crippen molar-refractivity contribution >= 4 is 63.4 Å². The molecule has 0 atom stereocenters. The third kappa shape index (κ3) is 6.05. The number of nitrogens with zero attached hydrogens (tertiary/aromatic N) is 2. The number of thiazole rings is 1. The van der Waals surface area contributed by atoms with E-state index in [2.05, 4.69) is 17.2 Å². The van der Waals surface area contributed by atoms with Crippen LogP contribution in [0.5, 0.6) is 0 Å². The van der Waals surface area contributed by atoms with Gasteiger partial charge < -0.3 is 15.0 Å². The number of carbonyl (C=O) groups is 3. The molecule has 1 aliphatic rings. The lowest BCUT2D eigenvalue weighted by Gasteiger charge is -2.33. The van der Waals surface area contributed by atoms with Crippen molar-refractivity contribution in [1.82, 2.24) is 4.98 Å². The predicted molar refractivity (Wildman–Crippen MR) is 150 cm³/mol. The van der Waals surface area contributed by atoms with Gasteiger partial charge in [0.15, 0.2) is 0 Å². The highest BCUT2D eigenvalue weighted by Gasteiger charge is 2.33. The topological polar surface area (TPSA) is 88.6 Å². The number of thiophene rings is 1. The van der Waals surface area contributed by atoms with Gasteiger partial charge in [-0.25, -0.2) is 9.78 Å². The number of esters is 1. The van der Waals surface area contributed by atoms with E-state index in [1.54, 1.807) is 27.9 Å². The highest BCUT2D eigenvalue weighted by Crippen LogP contribution is 2.41. The fourth-order valence-corrected chi connectivity index (χ4v) is 6.40. The van der Waals surface area contributed by atoms with Crippen LogP contribution in [0.25, 0.3) is 10.4 Å². The largest absolute Gasteiger partial charge is 0.465 e. The summed E-state index contributed by atoms with van der Waals surface area (Å²) in [5.74, 6) is -0.198. The SMILES string of the molecule is COC(=O)c1sc(-c2ccc(NC(=O)c3cscn3)c(Cl)c2)cc1N(C(=O)C1CCC(C)CC1)C(C)C. The Labute approximate surface area is 229 Å². The molecule has 1 N–H and O–H groups in total. The van der Waals surface area contributed by atoms with Crippen molar-refractivity contribution in [3.63, 3.8) is 0 Å². The summed E-state index contributed by atoms with van der Waals surface area (Å²) in [5.41, 5.74) is 3.69. The minimum atomic E-state index is -0.486. The maximum Gasteiger partial charge on any atom is 0.350 e. The fourth-order valence-electron chi connectivity index (χ4n) is 4.58. The van der Waals surface area contributed by atoms with Gasteiger partial charge in [-0.05, 0) is 69.2 Å². The van der Waals surface area contributed by atoms with Gasteiger partial charge in [0.1, 0.15) is 10.6 Å². The van der Waals surface area contributed by atoms with Crippen molar-refractivity contribution in [2.45, 2.75) is 52.5 Å². The Hall–Kier alpha value is -2.75. The number of hydrogen-bond donors (Lipinski definition) is 1. The lowest BCUT2D eigenvalue weighted by Crippen LogP contribution is -2.42. The van der Waals surface area contributed by atoms with Crippen LogP contribution in [0.1, 0.15) is 66.6 Å². The number of benzene rings is 1. The van der Waals surface area contributed by atoms with Crippen molar-refractivity contribution in [3.8, 4) is 10.4 Å². The molecule has 1 fully saturated rings. The normalized spacial score (nSPS) is 17.5. The molecule has 37 heavy (non-hydrogen) atoms. The summed E-state index contributed by atoms with van der Waals surface area (Å²) in [6.45, 7) is 6.14. The number of aromatic nitrogens is 1. The minimum absolute atomic E-state index is 0.0505. The maximum atomic E-state index is 13.7. The van der Waals surface area contributed by atoms with E-state index in [0.29, 0.717) is 32.9 Å². The van der Waals surface area contributed by atoms with E-state index in [1.807, 2.05) is 26.0 Å². The lowest BCUT2D eigenvalue weighted by atomic mass is 9.82. The van der Waals surface area contributed by atoms with Gasteiger partial charge in [-0.1, -0.05) is 24.6 Å². The third-order valence-corrected chi connectivity index (χ3v) is 8.68. The van der Waals surface area contributed by atoms with Crippen LogP contribution >= 0.6 is 34.3 Å². The van der Waals surface area contributed by atoms with Crippen LogP contribution in [0.4, 0.5) is 11.4 Å². The van der Waals surface area contributed by atoms with Crippen molar-refractivity contribution < 1.29 is 19.1 Å². The van der Waals surface area contributed by atoms with E-state index in [-0.39, 0.29) is 23.8 Å². The highest BCUT2D eigenvalue weighted by atomic mass is 35.5. The maximum absolute atomic E-state index is 13.7. The van der Waals surface area contributed by atoms with Crippen molar-refractivity contribution in [2.24, 2.45) is 11.8 Å². The molecule has 1 saturated carbocycles. The molecule has 2 amide bonds. The molecule has 0 bridgehead atoms. The first-order valence-corrected chi connectivity index (χ1v) is 14.4. The Morgan fingerprint density at radius 2 is 1.89 bits per heavy atom. The molecule has 0 radical (unpaired) electrons. The first kappa shape index (κ1) is 27.3. The standard InChI is InChI=1S/C27H30ClN3O4S2/c1-15(2)31(26(33)17-7-5-16(3)6-8-17)22-12-23(37-24(22)27(34)35-4)18-9-10-20(19(28)11-18)30-25(32)21-13-36-14-29-21/h9-17H,5-8H2,1-4H3,(H,30,32). The first-order valence-electron chi connectivity index (χ1n) is 12.2. The number of amides is 2. The average Bonchev–Trinajstić information content (AvgIpc) is 3.56. The number of nitrogens with one attached hydrogen (secondary N) is 1. The number of ether oxygens (including phenoxy) is 1. The van der Waals surface area contributed by atoms with Gasteiger partial charge in [-0.2, -0.15) is 0 Å². The van der Waals surface area contributed by atoms with Gasteiger partial charge in [0, 0.05) is 22.2 Å². The van der Waals surface area contributed by atoms with E-state index in [4.69, 9.17) is 16.3 Å². The zero-order chi connectivity index (χ0) is 26.7. The Kier molecular flexibility index (Phi) is 8.67. The molecular formula is C27H30ClN3O4S2. The molecule has 0 unspecified atom stereocenters. The van der Waals surface area contributed by atoms with Crippen molar-refractivity contribution in [2.75, 3.05) is 17.3 Å². The summed E-state index contributed by atoms with van der Waals surface area (Å²) in [6.07, 6.45) is 3.78. The van der Waals surface area contributed by atoms with E-state index in [0.717, 1.165) is 36.1 Å². The third-order valence-electron chi connectivity index (χ3n) is 6.63. The Morgan fingerprint density at radius 1 is 1.16 bits per heavy atom. The summed E-state index contributed by atoms with van der Waals surface area (Å²) in [6, 6.07) is 7.00. The second-order valence-electron chi connectivity index (χ2n) is 9.60. The summed E-state index contributed by atoms with van der Waals surface area (Å²) < 4.78 is 5.07. The van der Waals surface area contributed by atoms with E-state index >= 15 is 0 Å². The quantitative estimate of drug-likeness (QED) is 0.311. The second-order valence-corrected chi connectivity index (χ2v) is 11.8.